The number of aliphatic carboxylic acids is 1. The van der Waals surface area contributed by atoms with Crippen molar-refractivity contribution in [2.75, 3.05) is 19.8 Å². The standard InChI is InChI=1S/C36H34BrN3O6/c1-23-27(5-4-6-29(23)26-8-9-32-35(15-26)44-12-11-43-32)22-46-34-16-33(45-21-25-13-24(17-38)18-39-19-25)28(14-30(34)37)20-40-10-3-2-7-31(40)36(41)42/h4-6,8-9,13-16,18-19,31H,2-3,7,10-12,20-22H2,1H3,(H,41,42). The van der Waals surface area contributed by atoms with Gasteiger partial charge in [0.2, 0.25) is 0 Å². The summed E-state index contributed by atoms with van der Waals surface area (Å²) in [5.41, 5.74) is 6.29. The zero-order valence-electron chi connectivity index (χ0n) is 25.5. The molecule has 0 radical (unpaired) electrons. The van der Waals surface area contributed by atoms with E-state index < -0.39 is 12.0 Å². The third kappa shape index (κ3) is 7.11. The second-order valence-corrected chi connectivity index (χ2v) is 12.3. The maximum atomic E-state index is 12.0. The second-order valence-electron chi connectivity index (χ2n) is 11.4. The SMILES string of the molecule is Cc1c(COc2cc(OCc3cncc(C#N)c3)c(CN3CCCCC3C(=O)O)cc2Br)cccc1-c1ccc2c(c1)OCCO2. The van der Waals surface area contributed by atoms with Gasteiger partial charge in [-0.2, -0.15) is 5.26 Å². The minimum atomic E-state index is -0.811. The minimum absolute atomic E-state index is 0.190. The van der Waals surface area contributed by atoms with E-state index in [2.05, 4.69) is 40.0 Å². The van der Waals surface area contributed by atoms with Crippen LogP contribution in [-0.2, 0) is 24.6 Å². The third-order valence-electron chi connectivity index (χ3n) is 8.39. The van der Waals surface area contributed by atoms with E-state index in [0.717, 1.165) is 62.2 Å². The van der Waals surface area contributed by atoms with E-state index in [1.54, 1.807) is 12.3 Å². The van der Waals surface area contributed by atoms with Gasteiger partial charge in [0.1, 0.15) is 50.0 Å². The van der Waals surface area contributed by atoms with Crippen LogP contribution >= 0.6 is 15.9 Å². The number of piperidine rings is 1. The molecule has 2 aliphatic heterocycles. The molecule has 10 heteroatoms. The number of ether oxygens (including phenoxy) is 4. The first kappa shape index (κ1) is 31.4. The molecular weight excluding hydrogens is 650 g/mol. The molecule has 1 aromatic heterocycles. The van der Waals surface area contributed by atoms with E-state index in [1.807, 2.05) is 47.4 Å². The summed E-state index contributed by atoms with van der Waals surface area (Å²) >= 11 is 3.70. The van der Waals surface area contributed by atoms with Gasteiger partial charge in [-0.1, -0.05) is 30.7 Å². The summed E-state index contributed by atoms with van der Waals surface area (Å²) in [7, 11) is 0. The Labute approximate surface area is 276 Å². The van der Waals surface area contributed by atoms with Crippen LogP contribution in [0.25, 0.3) is 11.1 Å². The highest BCUT2D eigenvalue weighted by atomic mass is 79.9. The highest BCUT2D eigenvalue weighted by molar-refractivity contribution is 9.10. The monoisotopic (exact) mass is 683 g/mol. The lowest BCUT2D eigenvalue weighted by molar-refractivity contribution is -0.144. The Morgan fingerprint density at radius 1 is 1.02 bits per heavy atom. The molecule has 1 atom stereocenters. The molecule has 2 aliphatic rings. The van der Waals surface area contributed by atoms with E-state index in [1.165, 1.54) is 6.20 Å². The van der Waals surface area contributed by atoms with Gasteiger partial charge < -0.3 is 24.1 Å². The van der Waals surface area contributed by atoms with Crippen molar-refractivity contribution < 1.29 is 28.8 Å². The molecule has 9 nitrogen and oxygen atoms in total. The summed E-state index contributed by atoms with van der Waals surface area (Å²) in [6, 6.07) is 19.3. The number of carbonyl (C=O) groups is 1. The van der Waals surface area contributed by atoms with Gasteiger partial charge in [0, 0.05) is 36.1 Å². The molecular formula is C36H34BrN3O6. The van der Waals surface area contributed by atoms with Crippen LogP contribution in [0.2, 0.25) is 0 Å². The van der Waals surface area contributed by atoms with Crippen molar-refractivity contribution in [3.05, 3.63) is 99.3 Å². The predicted molar refractivity (Wildman–Crippen MR) is 175 cm³/mol. The number of nitriles is 1. The average molecular weight is 685 g/mol. The van der Waals surface area contributed by atoms with Crippen LogP contribution in [0.5, 0.6) is 23.0 Å². The third-order valence-corrected chi connectivity index (χ3v) is 9.01. The van der Waals surface area contributed by atoms with E-state index >= 15 is 0 Å². The molecule has 3 heterocycles. The van der Waals surface area contributed by atoms with E-state index in [4.69, 9.17) is 18.9 Å². The highest BCUT2D eigenvalue weighted by Crippen LogP contribution is 2.38. The molecule has 3 aromatic carbocycles. The first-order valence-electron chi connectivity index (χ1n) is 15.3. The van der Waals surface area contributed by atoms with Crippen LogP contribution in [0.15, 0.2) is 71.5 Å². The molecule has 0 spiro atoms. The Hall–Kier alpha value is -4.59. The second kappa shape index (κ2) is 14.2. The van der Waals surface area contributed by atoms with E-state index in [0.29, 0.717) is 56.4 Å². The molecule has 0 aliphatic carbocycles. The lowest BCUT2D eigenvalue weighted by atomic mass is 9.96. The lowest BCUT2D eigenvalue weighted by Gasteiger charge is -2.33. The molecule has 46 heavy (non-hydrogen) atoms. The number of fused-ring (bicyclic) bond motifs is 1. The molecule has 0 saturated carbocycles. The van der Waals surface area contributed by atoms with Crippen LogP contribution in [0.1, 0.15) is 47.1 Å². The number of benzene rings is 3. The number of carboxylic acids is 1. The molecule has 0 amide bonds. The van der Waals surface area contributed by atoms with Crippen molar-refractivity contribution in [3.8, 4) is 40.2 Å². The Balaban J connectivity index is 1.25. The number of likely N-dealkylation sites (tertiary alicyclic amines) is 1. The molecule has 1 fully saturated rings. The van der Waals surface area contributed by atoms with Gasteiger partial charge in [0.15, 0.2) is 11.5 Å². The van der Waals surface area contributed by atoms with Gasteiger partial charge in [-0.05, 0) is 88.8 Å². The lowest BCUT2D eigenvalue weighted by Crippen LogP contribution is -2.44. The summed E-state index contributed by atoms with van der Waals surface area (Å²) in [6.45, 7) is 4.78. The molecule has 1 unspecified atom stereocenters. The summed E-state index contributed by atoms with van der Waals surface area (Å²) in [5, 5.41) is 19.1. The normalized spacial score (nSPS) is 16.0. The molecule has 0 bridgehead atoms. The van der Waals surface area contributed by atoms with Crippen molar-refractivity contribution in [1.82, 2.24) is 9.88 Å². The topological polar surface area (TPSA) is 114 Å². The number of hydrogen-bond acceptors (Lipinski definition) is 8. The first-order valence-corrected chi connectivity index (χ1v) is 16.1. The van der Waals surface area contributed by atoms with Gasteiger partial charge in [0.25, 0.3) is 0 Å². The maximum Gasteiger partial charge on any atom is 0.320 e. The number of nitrogens with zero attached hydrogens (tertiary/aromatic N) is 3. The van der Waals surface area contributed by atoms with Crippen LogP contribution in [-0.4, -0.2) is 46.8 Å². The Bertz CT molecular complexity index is 1790. The van der Waals surface area contributed by atoms with Crippen LogP contribution in [0, 0.1) is 18.3 Å². The van der Waals surface area contributed by atoms with Crippen molar-refractivity contribution in [3.63, 3.8) is 0 Å². The van der Waals surface area contributed by atoms with Crippen LogP contribution < -0.4 is 18.9 Å². The molecule has 6 rings (SSSR count). The number of halogens is 1. The van der Waals surface area contributed by atoms with Gasteiger partial charge >= 0.3 is 5.97 Å². The zero-order valence-corrected chi connectivity index (χ0v) is 27.1. The summed E-state index contributed by atoms with van der Waals surface area (Å²) in [6.07, 6.45) is 5.63. The van der Waals surface area contributed by atoms with Gasteiger partial charge in [-0.3, -0.25) is 14.7 Å². The Kier molecular flexibility index (Phi) is 9.71. The van der Waals surface area contributed by atoms with E-state index in [9.17, 15) is 15.2 Å². The van der Waals surface area contributed by atoms with Crippen molar-refractivity contribution >= 4 is 21.9 Å². The van der Waals surface area contributed by atoms with Crippen LogP contribution in [0.3, 0.4) is 0 Å². The van der Waals surface area contributed by atoms with Crippen molar-refractivity contribution in [1.29, 1.82) is 5.26 Å². The summed E-state index contributed by atoms with van der Waals surface area (Å²) in [4.78, 5) is 18.1. The first-order chi connectivity index (χ1) is 22.4. The van der Waals surface area contributed by atoms with Crippen LogP contribution in [0.4, 0.5) is 0 Å². The zero-order chi connectivity index (χ0) is 32.0. The Morgan fingerprint density at radius 3 is 2.67 bits per heavy atom. The van der Waals surface area contributed by atoms with Gasteiger partial charge in [-0.25, -0.2) is 0 Å². The smallest absolute Gasteiger partial charge is 0.320 e. The fourth-order valence-electron chi connectivity index (χ4n) is 5.93. The van der Waals surface area contributed by atoms with Crippen molar-refractivity contribution in [2.24, 2.45) is 0 Å². The quantitative estimate of drug-likeness (QED) is 0.188. The molecule has 236 valence electrons. The number of pyridine rings is 1. The number of carboxylic acid groups (broad SMARTS) is 1. The number of aromatic nitrogens is 1. The van der Waals surface area contributed by atoms with E-state index in [-0.39, 0.29) is 6.61 Å². The fourth-order valence-corrected chi connectivity index (χ4v) is 6.44. The van der Waals surface area contributed by atoms with Gasteiger partial charge in [-0.15, -0.1) is 0 Å². The number of rotatable bonds is 10. The number of hydrogen-bond donors (Lipinski definition) is 1. The largest absolute Gasteiger partial charge is 0.488 e. The predicted octanol–water partition coefficient (Wildman–Crippen LogP) is 7.06. The summed E-state index contributed by atoms with van der Waals surface area (Å²) in [5.74, 6) is 1.87. The maximum absolute atomic E-state index is 12.0. The molecule has 1 N–H and O–H groups in total. The highest BCUT2D eigenvalue weighted by Gasteiger charge is 2.29. The molecule has 4 aromatic rings. The average Bonchev–Trinajstić information content (AvgIpc) is 3.08. The summed E-state index contributed by atoms with van der Waals surface area (Å²) < 4.78 is 24.9. The molecule has 1 saturated heterocycles. The Morgan fingerprint density at radius 2 is 1.85 bits per heavy atom. The van der Waals surface area contributed by atoms with Crippen molar-refractivity contribution in [2.45, 2.75) is 52.0 Å². The minimum Gasteiger partial charge on any atom is -0.488 e. The van der Waals surface area contributed by atoms with Gasteiger partial charge in [0.05, 0.1) is 10.0 Å². The fraction of sp³-hybridized carbons (Fsp3) is 0.306.